The Bertz CT molecular complexity index is 184. The molecule has 0 aromatic rings. The molecule has 4 heteroatoms. The molecule has 0 aliphatic rings. The van der Waals surface area contributed by atoms with E-state index in [9.17, 15) is 4.79 Å². The van der Waals surface area contributed by atoms with Crippen LogP contribution >= 0.6 is 0 Å². The first-order valence-corrected chi connectivity index (χ1v) is 5.32. The number of hydrogen-bond acceptors (Lipinski definition) is 4. The fourth-order valence-corrected chi connectivity index (χ4v) is 1.26. The predicted octanol–water partition coefficient (Wildman–Crippen LogP) is 1.10. The number of hydrogen-bond donors (Lipinski definition) is 2. The summed E-state index contributed by atoms with van der Waals surface area (Å²) in [5.41, 5.74) is -0.478. The van der Waals surface area contributed by atoms with E-state index in [1.54, 1.807) is 0 Å². The first kappa shape index (κ1) is 14.4. The van der Waals surface area contributed by atoms with Gasteiger partial charge in [0.05, 0.1) is 6.42 Å². The Labute approximate surface area is 91.3 Å². The van der Waals surface area contributed by atoms with Gasteiger partial charge in [-0.15, -0.1) is 0 Å². The summed E-state index contributed by atoms with van der Waals surface area (Å²) in [4.78, 5) is 11.4. The molecule has 2 N–H and O–H groups in total. The molecule has 0 bridgehead atoms. The fraction of sp³-hybridized carbons (Fsp3) is 0.909. The predicted molar refractivity (Wildman–Crippen MR) is 57.4 cm³/mol. The largest absolute Gasteiger partial charge is 0.460 e. The lowest BCUT2D eigenvalue weighted by molar-refractivity contribution is -0.156. The molecule has 0 saturated carbocycles. The van der Waals surface area contributed by atoms with Crippen molar-refractivity contribution < 1.29 is 19.7 Å². The van der Waals surface area contributed by atoms with Crippen molar-refractivity contribution >= 4 is 5.97 Å². The zero-order chi connectivity index (χ0) is 11.9. The quantitative estimate of drug-likeness (QED) is 0.655. The van der Waals surface area contributed by atoms with Crippen LogP contribution in [0.3, 0.4) is 0 Å². The molecular weight excluding hydrogens is 196 g/mol. The monoisotopic (exact) mass is 218 g/mol. The fourth-order valence-electron chi connectivity index (χ4n) is 1.26. The minimum Gasteiger partial charge on any atom is -0.460 e. The summed E-state index contributed by atoms with van der Waals surface area (Å²) >= 11 is 0. The van der Waals surface area contributed by atoms with Crippen molar-refractivity contribution in [3.8, 4) is 0 Å². The van der Waals surface area contributed by atoms with Gasteiger partial charge in [0.2, 0.25) is 0 Å². The summed E-state index contributed by atoms with van der Waals surface area (Å²) in [6, 6.07) is 0. The number of ether oxygens (including phenoxy) is 1. The second-order valence-electron chi connectivity index (χ2n) is 4.71. The van der Waals surface area contributed by atoms with Crippen LogP contribution in [-0.4, -0.2) is 35.0 Å². The summed E-state index contributed by atoms with van der Waals surface area (Å²) < 4.78 is 5.14. The van der Waals surface area contributed by atoms with Gasteiger partial charge in [-0.3, -0.25) is 4.79 Å². The molecule has 0 heterocycles. The maximum absolute atomic E-state index is 11.4. The second kappa shape index (κ2) is 6.80. The van der Waals surface area contributed by atoms with E-state index in [0.717, 1.165) is 0 Å². The van der Waals surface area contributed by atoms with E-state index in [4.69, 9.17) is 14.9 Å². The van der Waals surface area contributed by atoms with E-state index in [0.29, 0.717) is 12.8 Å². The Morgan fingerprint density at radius 3 is 2.33 bits per heavy atom. The Morgan fingerprint density at radius 2 is 1.93 bits per heavy atom. The minimum atomic E-state index is -0.478. The molecule has 0 fully saturated rings. The van der Waals surface area contributed by atoms with Crippen molar-refractivity contribution in [3.63, 3.8) is 0 Å². The molecule has 90 valence electrons. The summed E-state index contributed by atoms with van der Waals surface area (Å²) in [5, 5.41) is 17.6. The van der Waals surface area contributed by atoms with E-state index < -0.39 is 5.60 Å². The second-order valence-corrected chi connectivity index (χ2v) is 4.71. The minimum absolute atomic E-state index is 0.0424. The first-order chi connectivity index (χ1) is 6.89. The van der Waals surface area contributed by atoms with Crippen LogP contribution in [0.1, 0.15) is 40.0 Å². The van der Waals surface area contributed by atoms with Crippen molar-refractivity contribution in [2.24, 2.45) is 5.92 Å². The number of esters is 1. The van der Waals surface area contributed by atoms with Crippen LogP contribution in [0.15, 0.2) is 0 Å². The number of aliphatic hydroxyl groups excluding tert-OH is 2. The molecule has 0 spiro atoms. The van der Waals surface area contributed by atoms with Gasteiger partial charge in [0.1, 0.15) is 5.60 Å². The number of carbonyl (C=O) groups is 1. The van der Waals surface area contributed by atoms with Crippen molar-refractivity contribution in [1.29, 1.82) is 0 Å². The van der Waals surface area contributed by atoms with Crippen LogP contribution in [0.25, 0.3) is 0 Å². The summed E-state index contributed by atoms with van der Waals surface area (Å²) in [5.74, 6) is -0.397. The lowest BCUT2D eigenvalue weighted by Crippen LogP contribution is -2.26. The summed E-state index contributed by atoms with van der Waals surface area (Å²) in [7, 11) is 0. The van der Waals surface area contributed by atoms with Gasteiger partial charge in [-0.25, -0.2) is 0 Å². The van der Waals surface area contributed by atoms with Crippen molar-refractivity contribution in [1.82, 2.24) is 0 Å². The van der Waals surface area contributed by atoms with E-state index in [-0.39, 0.29) is 31.5 Å². The van der Waals surface area contributed by atoms with E-state index >= 15 is 0 Å². The molecule has 0 unspecified atom stereocenters. The Hall–Kier alpha value is -0.610. The smallest absolute Gasteiger partial charge is 0.306 e. The third-order valence-electron chi connectivity index (χ3n) is 1.90. The maximum Gasteiger partial charge on any atom is 0.306 e. The number of aliphatic hydroxyl groups is 2. The zero-order valence-electron chi connectivity index (χ0n) is 9.82. The molecule has 0 aliphatic heterocycles. The summed E-state index contributed by atoms with van der Waals surface area (Å²) in [6.07, 6.45) is 1.47. The highest BCUT2D eigenvalue weighted by Gasteiger charge is 2.19. The molecule has 1 atom stereocenters. The SMILES string of the molecule is CC(C)(C)OC(=O)C[C@H](CO)CCCO. The van der Waals surface area contributed by atoms with Crippen LogP contribution in [0.4, 0.5) is 0 Å². The molecule has 0 saturated heterocycles. The van der Waals surface area contributed by atoms with Gasteiger partial charge in [-0.2, -0.15) is 0 Å². The zero-order valence-corrected chi connectivity index (χ0v) is 9.82. The van der Waals surface area contributed by atoms with Gasteiger partial charge in [-0.1, -0.05) is 0 Å². The van der Waals surface area contributed by atoms with E-state index in [1.807, 2.05) is 20.8 Å². The molecule has 0 amide bonds. The van der Waals surface area contributed by atoms with Gasteiger partial charge < -0.3 is 14.9 Å². The average Bonchev–Trinajstić information content (AvgIpc) is 2.09. The highest BCUT2D eigenvalue weighted by molar-refractivity contribution is 5.70. The number of carbonyl (C=O) groups excluding carboxylic acids is 1. The molecule has 0 aromatic carbocycles. The highest BCUT2D eigenvalue weighted by atomic mass is 16.6. The maximum atomic E-state index is 11.4. The standard InChI is InChI=1S/C11H22O4/c1-11(2,3)15-10(14)7-9(8-13)5-4-6-12/h9,12-13H,4-8H2,1-3H3/t9-/m1/s1. The molecule has 15 heavy (non-hydrogen) atoms. The van der Waals surface area contributed by atoms with Gasteiger partial charge in [0, 0.05) is 13.2 Å². The van der Waals surface area contributed by atoms with Gasteiger partial charge in [-0.05, 0) is 39.5 Å². The van der Waals surface area contributed by atoms with Gasteiger partial charge in [0.15, 0.2) is 0 Å². The Morgan fingerprint density at radius 1 is 1.33 bits per heavy atom. The van der Waals surface area contributed by atoms with Crippen molar-refractivity contribution in [2.75, 3.05) is 13.2 Å². The Balaban J connectivity index is 3.91. The normalized spacial score (nSPS) is 13.7. The third-order valence-corrected chi connectivity index (χ3v) is 1.90. The van der Waals surface area contributed by atoms with Crippen LogP contribution < -0.4 is 0 Å². The number of rotatable bonds is 6. The van der Waals surface area contributed by atoms with Gasteiger partial charge >= 0.3 is 5.97 Å². The Kier molecular flexibility index (Phi) is 6.52. The van der Waals surface area contributed by atoms with Crippen LogP contribution in [0.5, 0.6) is 0 Å². The highest BCUT2D eigenvalue weighted by Crippen LogP contribution is 2.15. The van der Waals surface area contributed by atoms with Crippen LogP contribution in [0.2, 0.25) is 0 Å². The molecule has 0 rings (SSSR count). The van der Waals surface area contributed by atoms with Crippen molar-refractivity contribution in [2.45, 2.75) is 45.6 Å². The molecule has 4 nitrogen and oxygen atoms in total. The van der Waals surface area contributed by atoms with Crippen LogP contribution in [-0.2, 0) is 9.53 Å². The van der Waals surface area contributed by atoms with Crippen molar-refractivity contribution in [3.05, 3.63) is 0 Å². The van der Waals surface area contributed by atoms with E-state index in [1.165, 1.54) is 0 Å². The van der Waals surface area contributed by atoms with E-state index in [2.05, 4.69) is 0 Å². The van der Waals surface area contributed by atoms with Gasteiger partial charge in [0.25, 0.3) is 0 Å². The first-order valence-electron chi connectivity index (χ1n) is 5.32. The molecule has 0 aromatic heterocycles. The summed E-state index contributed by atoms with van der Waals surface area (Å²) in [6.45, 7) is 5.48. The van der Waals surface area contributed by atoms with Crippen LogP contribution in [0, 0.1) is 5.92 Å². The third kappa shape index (κ3) is 8.39. The topological polar surface area (TPSA) is 66.8 Å². The average molecular weight is 218 g/mol. The molecule has 0 aliphatic carbocycles. The lowest BCUT2D eigenvalue weighted by Gasteiger charge is -2.21. The molecule has 0 radical (unpaired) electrons. The lowest BCUT2D eigenvalue weighted by atomic mass is 10.0. The molecular formula is C11H22O4.